The average molecular weight is 323 g/mol. The van der Waals surface area contributed by atoms with Crippen LogP contribution in [0, 0.1) is 23.0 Å². The van der Waals surface area contributed by atoms with Crippen molar-refractivity contribution >= 4 is 11.8 Å². The first-order valence-electron chi connectivity index (χ1n) is 7.33. The summed E-state index contributed by atoms with van der Waals surface area (Å²) in [7, 11) is 0. The molecule has 1 aromatic rings. The van der Waals surface area contributed by atoms with Crippen LogP contribution in [-0.4, -0.2) is 42.8 Å². The van der Waals surface area contributed by atoms with E-state index in [1.807, 2.05) is 0 Å². The Morgan fingerprint density at radius 1 is 1.17 bits per heavy atom. The lowest BCUT2D eigenvalue weighted by Crippen LogP contribution is -2.50. The summed E-state index contributed by atoms with van der Waals surface area (Å²) in [5.74, 6) is -1.40. The van der Waals surface area contributed by atoms with E-state index in [2.05, 4.69) is 0 Å². The molecule has 0 unspecified atom stereocenters. The first kappa shape index (κ1) is 17.0. The molecule has 0 spiro atoms. The molecule has 1 heterocycles. The number of hydrogen-bond acceptors (Lipinski definition) is 4. The molecule has 0 bridgehead atoms. The third-order valence-electron chi connectivity index (χ3n) is 3.43. The summed E-state index contributed by atoms with van der Waals surface area (Å²) in [5, 5.41) is 8.70. The molecule has 1 aromatic carbocycles. The van der Waals surface area contributed by atoms with Crippen LogP contribution in [0.3, 0.4) is 0 Å². The number of piperazine rings is 1. The normalized spacial score (nSPS) is 15.3. The number of carbonyl (C=O) groups is 1. The summed E-state index contributed by atoms with van der Waals surface area (Å²) in [6, 6.07) is 3.53. The molecule has 0 atom stereocenters. The number of ether oxygens (including phenoxy) is 1. The second kappa shape index (κ2) is 6.41. The highest BCUT2D eigenvalue weighted by molar-refractivity contribution is 5.68. The van der Waals surface area contributed by atoms with Crippen LogP contribution in [0.25, 0.3) is 0 Å². The van der Waals surface area contributed by atoms with Gasteiger partial charge in [-0.3, -0.25) is 0 Å². The molecule has 0 N–H and O–H groups in total. The minimum Gasteiger partial charge on any atom is -0.444 e. The number of benzene rings is 1. The van der Waals surface area contributed by atoms with Crippen molar-refractivity contribution in [3.63, 3.8) is 0 Å². The predicted molar refractivity (Wildman–Crippen MR) is 81.1 cm³/mol. The number of hydrogen-bond donors (Lipinski definition) is 0. The Balaban J connectivity index is 2.04. The van der Waals surface area contributed by atoms with E-state index in [1.54, 1.807) is 36.6 Å². The van der Waals surface area contributed by atoms with E-state index >= 15 is 0 Å². The van der Waals surface area contributed by atoms with Crippen LogP contribution in [0.4, 0.5) is 19.3 Å². The van der Waals surface area contributed by atoms with Crippen molar-refractivity contribution in [2.24, 2.45) is 0 Å². The Kier molecular flexibility index (Phi) is 4.73. The van der Waals surface area contributed by atoms with Crippen LogP contribution in [0.5, 0.6) is 0 Å². The maximum absolute atomic E-state index is 14.0. The van der Waals surface area contributed by atoms with Gasteiger partial charge in [0.15, 0.2) is 0 Å². The van der Waals surface area contributed by atoms with E-state index in [1.165, 1.54) is 0 Å². The minimum atomic E-state index is -0.751. The molecule has 1 saturated heterocycles. The monoisotopic (exact) mass is 323 g/mol. The summed E-state index contributed by atoms with van der Waals surface area (Å²) >= 11 is 0. The third kappa shape index (κ3) is 4.09. The molecule has 2 rings (SSSR count). The van der Waals surface area contributed by atoms with Gasteiger partial charge in [0, 0.05) is 32.2 Å². The van der Waals surface area contributed by atoms with Crippen LogP contribution in [0.2, 0.25) is 0 Å². The highest BCUT2D eigenvalue weighted by Crippen LogP contribution is 2.24. The second-order valence-electron chi connectivity index (χ2n) is 6.35. The Morgan fingerprint density at radius 2 is 1.78 bits per heavy atom. The van der Waals surface area contributed by atoms with Crippen LogP contribution in [0.15, 0.2) is 12.1 Å². The summed E-state index contributed by atoms with van der Waals surface area (Å²) in [6.45, 7) is 6.80. The van der Waals surface area contributed by atoms with E-state index in [4.69, 9.17) is 10.00 Å². The number of rotatable bonds is 1. The molecule has 1 amide bonds. The van der Waals surface area contributed by atoms with Crippen molar-refractivity contribution in [3.8, 4) is 6.07 Å². The molecular weight excluding hydrogens is 304 g/mol. The lowest BCUT2D eigenvalue weighted by molar-refractivity contribution is 0.0240. The van der Waals surface area contributed by atoms with Crippen LogP contribution in [-0.2, 0) is 4.74 Å². The van der Waals surface area contributed by atoms with Gasteiger partial charge in [-0.25, -0.2) is 13.6 Å². The quantitative estimate of drug-likeness (QED) is 0.797. The van der Waals surface area contributed by atoms with Gasteiger partial charge in [0.05, 0.1) is 11.3 Å². The maximum atomic E-state index is 14.0. The SMILES string of the molecule is CC(C)(C)OC(=O)N1CCN(c2cc(F)c(C#N)cc2F)CC1. The zero-order valence-corrected chi connectivity index (χ0v) is 13.4. The van der Waals surface area contributed by atoms with E-state index in [-0.39, 0.29) is 11.3 Å². The van der Waals surface area contributed by atoms with Crippen molar-refractivity contribution in [3.05, 3.63) is 29.3 Å². The molecule has 124 valence electrons. The Hall–Kier alpha value is -2.36. The van der Waals surface area contributed by atoms with Gasteiger partial charge >= 0.3 is 6.09 Å². The first-order chi connectivity index (χ1) is 10.7. The fraction of sp³-hybridized carbons (Fsp3) is 0.500. The molecule has 0 radical (unpaired) electrons. The van der Waals surface area contributed by atoms with Crippen molar-refractivity contribution < 1.29 is 18.3 Å². The molecule has 0 aromatic heterocycles. The largest absolute Gasteiger partial charge is 0.444 e. The fourth-order valence-electron chi connectivity index (χ4n) is 2.32. The molecule has 23 heavy (non-hydrogen) atoms. The summed E-state index contributed by atoms with van der Waals surface area (Å²) < 4.78 is 33.0. The zero-order chi connectivity index (χ0) is 17.2. The minimum absolute atomic E-state index is 0.102. The van der Waals surface area contributed by atoms with E-state index in [0.29, 0.717) is 26.2 Å². The fourth-order valence-corrected chi connectivity index (χ4v) is 2.32. The van der Waals surface area contributed by atoms with Gasteiger partial charge in [-0.1, -0.05) is 0 Å². The highest BCUT2D eigenvalue weighted by Gasteiger charge is 2.27. The Morgan fingerprint density at radius 3 is 2.30 bits per heavy atom. The van der Waals surface area contributed by atoms with E-state index < -0.39 is 23.3 Å². The number of nitrogens with zero attached hydrogens (tertiary/aromatic N) is 3. The zero-order valence-electron chi connectivity index (χ0n) is 13.4. The molecule has 0 aliphatic carbocycles. The number of nitriles is 1. The molecule has 1 aliphatic rings. The van der Waals surface area contributed by atoms with Crippen LogP contribution in [0.1, 0.15) is 26.3 Å². The topological polar surface area (TPSA) is 56.6 Å². The van der Waals surface area contributed by atoms with Gasteiger partial charge < -0.3 is 14.5 Å². The Labute approximate surface area is 134 Å². The predicted octanol–water partition coefficient (Wildman–Crippen LogP) is 2.89. The summed E-state index contributed by atoms with van der Waals surface area (Å²) in [5.41, 5.74) is -0.791. The Bertz CT molecular complexity index is 642. The highest BCUT2D eigenvalue weighted by atomic mass is 19.1. The van der Waals surface area contributed by atoms with E-state index in [0.717, 1.165) is 12.1 Å². The molecule has 7 heteroatoms. The maximum Gasteiger partial charge on any atom is 0.410 e. The molecule has 1 fully saturated rings. The van der Waals surface area contributed by atoms with Gasteiger partial charge in [-0.15, -0.1) is 0 Å². The van der Waals surface area contributed by atoms with Gasteiger partial charge in [0.2, 0.25) is 0 Å². The number of carbonyl (C=O) groups excluding carboxylic acids is 1. The van der Waals surface area contributed by atoms with Gasteiger partial charge in [-0.05, 0) is 26.8 Å². The molecular formula is C16H19F2N3O2. The second-order valence-corrected chi connectivity index (χ2v) is 6.35. The molecule has 5 nitrogen and oxygen atoms in total. The van der Waals surface area contributed by atoms with Gasteiger partial charge in [-0.2, -0.15) is 5.26 Å². The number of halogens is 2. The lowest BCUT2D eigenvalue weighted by atomic mass is 10.1. The van der Waals surface area contributed by atoms with Gasteiger partial charge in [0.1, 0.15) is 23.3 Å². The van der Waals surface area contributed by atoms with Crippen LogP contribution >= 0.6 is 0 Å². The number of anilines is 1. The summed E-state index contributed by atoms with van der Waals surface area (Å²) in [4.78, 5) is 15.2. The van der Waals surface area contributed by atoms with E-state index in [9.17, 15) is 13.6 Å². The van der Waals surface area contributed by atoms with Crippen molar-refractivity contribution in [2.75, 3.05) is 31.1 Å². The lowest BCUT2D eigenvalue weighted by Gasteiger charge is -2.36. The van der Waals surface area contributed by atoms with Crippen LogP contribution < -0.4 is 4.90 Å². The van der Waals surface area contributed by atoms with Crippen molar-refractivity contribution in [2.45, 2.75) is 26.4 Å². The third-order valence-corrected chi connectivity index (χ3v) is 3.43. The first-order valence-corrected chi connectivity index (χ1v) is 7.33. The average Bonchev–Trinajstić information content (AvgIpc) is 2.47. The van der Waals surface area contributed by atoms with Crippen molar-refractivity contribution in [1.29, 1.82) is 5.26 Å². The molecule has 0 saturated carbocycles. The van der Waals surface area contributed by atoms with Gasteiger partial charge in [0.25, 0.3) is 0 Å². The summed E-state index contributed by atoms with van der Waals surface area (Å²) in [6.07, 6.45) is -0.413. The smallest absolute Gasteiger partial charge is 0.410 e. The standard InChI is InChI=1S/C16H19F2N3O2/c1-16(2,3)23-15(22)21-6-4-20(5-7-21)14-9-12(17)11(10-19)8-13(14)18/h8-9H,4-7H2,1-3H3. The number of amides is 1. The molecule has 1 aliphatic heterocycles. The van der Waals surface area contributed by atoms with Crippen molar-refractivity contribution in [1.82, 2.24) is 4.90 Å².